The summed E-state index contributed by atoms with van der Waals surface area (Å²) in [6, 6.07) is 4.32. The van der Waals surface area contributed by atoms with E-state index in [2.05, 4.69) is 22.6 Å². The van der Waals surface area contributed by atoms with E-state index in [1.165, 1.54) is 0 Å². The van der Waals surface area contributed by atoms with Crippen LogP contribution in [0, 0.1) is 0 Å². The second kappa shape index (κ2) is 3.94. The Morgan fingerprint density at radius 1 is 1.43 bits per heavy atom. The van der Waals surface area contributed by atoms with E-state index in [9.17, 15) is 0 Å². The van der Waals surface area contributed by atoms with Crippen LogP contribution in [0.15, 0.2) is 29.9 Å². The van der Waals surface area contributed by atoms with Crippen molar-refractivity contribution in [3.8, 4) is 5.13 Å². The predicted molar refractivity (Wildman–Crippen MR) is 58.9 cm³/mol. The van der Waals surface area contributed by atoms with E-state index in [-0.39, 0.29) is 0 Å². The summed E-state index contributed by atoms with van der Waals surface area (Å²) < 4.78 is 2.02. The van der Waals surface area contributed by atoms with Gasteiger partial charge in [-0.2, -0.15) is 0 Å². The average Bonchev–Trinajstić information content (AvgIpc) is 2.86. The monoisotopic (exact) mass is 207 g/mol. The largest absolute Gasteiger partial charge is 0.312 e. The van der Waals surface area contributed by atoms with Crippen molar-refractivity contribution in [2.75, 3.05) is 7.05 Å². The van der Waals surface area contributed by atoms with Crippen molar-refractivity contribution in [3.05, 3.63) is 35.6 Å². The van der Waals surface area contributed by atoms with E-state index in [0.717, 1.165) is 10.8 Å². The molecule has 2 aromatic heterocycles. The summed E-state index contributed by atoms with van der Waals surface area (Å²) in [6.45, 7) is 2.11. The highest BCUT2D eigenvalue weighted by Gasteiger charge is 2.07. The first-order valence-electron chi connectivity index (χ1n) is 4.57. The molecule has 0 bridgehead atoms. The molecule has 4 heteroatoms. The number of hydrogen-bond donors (Lipinski definition) is 1. The van der Waals surface area contributed by atoms with Crippen LogP contribution < -0.4 is 5.32 Å². The van der Waals surface area contributed by atoms with Crippen molar-refractivity contribution in [1.82, 2.24) is 14.9 Å². The molecule has 0 aliphatic rings. The molecular formula is C10H13N3S. The van der Waals surface area contributed by atoms with Crippen molar-refractivity contribution in [1.29, 1.82) is 0 Å². The predicted octanol–water partition coefficient (Wildman–Crippen LogP) is 2.21. The Bertz CT molecular complexity index is 391. The van der Waals surface area contributed by atoms with Crippen LogP contribution >= 0.6 is 11.3 Å². The number of thiazole rings is 1. The molecule has 0 aliphatic carbocycles. The molecule has 0 fully saturated rings. The average molecular weight is 207 g/mol. The molecule has 2 rings (SSSR count). The van der Waals surface area contributed by atoms with Crippen molar-refractivity contribution in [2.45, 2.75) is 13.0 Å². The first-order chi connectivity index (χ1) is 6.81. The summed E-state index contributed by atoms with van der Waals surface area (Å²) in [5.41, 5.74) is 1.10. The van der Waals surface area contributed by atoms with Gasteiger partial charge in [0, 0.05) is 23.8 Å². The molecule has 0 saturated carbocycles. The summed E-state index contributed by atoms with van der Waals surface area (Å²) in [4.78, 5) is 4.54. The summed E-state index contributed by atoms with van der Waals surface area (Å²) in [6.07, 6.45) is 4.01. The standard InChI is InChI=1S/C10H13N3S/c1-8(11-2)9-7-14-10(12-9)13-5-3-4-6-13/h3-8,11H,1-2H3. The molecule has 74 valence electrons. The van der Waals surface area contributed by atoms with Crippen LogP contribution in [-0.2, 0) is 0 Å². The maximum absolute atomic E-state index is 4.54. The SMILES string of the molecule is CNC(C)c1csc(-n2cccc2)n1. The molecule has 2 heterocycles. The fraction of sp³-hybridized carbons (Fsp3) is 0.300. The first kappa shape index (κ1) is 9.43. The zero-order chi connectivity index (χ0) is 9.97. The molecular weight excluding hydrogens is 194 g/mol. The smallest absolute Gasteiger partial charge is 0.193 e. The van der Waals surface area contributed by atoms with Crippen LogP contribution in [-0.4, -0.2) is 16.6 Å². The summed E-state index contributed by atoms with van der Waals surface area (Å²) in [7, 11) is 1.94. The minimum Gasteiger partial charge on any atom is -0.312 e. The third-order valence-electron chi connectivity index (χ3n) is 2.21. The Kier molecular flexibility index (Phi) is 2.65. The third-order valence-corrected chi connectivity index (χ3v) is 3.08. The molecule has 1 unspecified atom stereocenters. The van der Waals surface area contributed by atoms with Crippen LogP contribution in [0.3, 0.4) is 0 Å². The van der Waals surface area contributed by atoms with Crippen molar-refractivity contribution in [2.24, 2.45) is 0 Å². The second-order valence-corrected chi connectivity index (χ2v) is 3.99. The van der Waals surface area contributed by atoms with Crippen molar-refractivity contribution >= 4 is 11.3 Å². The van der Waals surface area contributed by atoms with Gasteiger partial charge in [-0.3, -0.25) is 0 Å². The van der Waals surface area contributed by atoms with Gasteiger partial charge in [0.15, 0.2) is 5.13 Å². The Morgan fingerprint density at radius 3 is 2.79 bits per heavy atom. The van der Waals surface area contributed by atoms with Crippen LogP contribution in [0.1, 0.15) is 18.7 Å². The molecule has 0 spiro atoms. The second-order valence-electron chi connectivity index (χ2n) is 3.16. The lowest BCUT2D eigenvalue weighted by Gasteiger charge is -2.04. The molecule has 0 aliphatic heterocycles. The maximum atomic E-state index is 4.54. The number of aromatic nitrogens is 2. The minimum absolute atomic E-state index is 0.315. The molecule has 14 heavy (non-hydrogen) atoms. The number of rotatable bonds is 3. The summed E-state index contributed by atoms with van der Waals surface area (Å²) in [5.74, 6) is 0. The Labute approximate surface area is 87.4 Å². The van der Waals surface area contributed by atoms with Gasteiger partial charge >= 0.3 is 0 Å². The van der Waals surface area contributed by atoms with Gasteiger partial charge in [0.05, 0.1) is 5.69 Å². The number of nitrogens with one attached hydrogen (secondary N) is 1. The van der Waals surface area contributed by atoms with Crippen LogP contribution in [0.25, 0.3) is 5.13 Å². The van der Waals surface area contributed by atoms with Gasteiger partial charge in [-0.1, -0.05) is 0 Å². The van der Waals surface area contributed by atoms with E-state index < -0.39 is 0 Å². The molecule has 2 aromatic rings. The lowest BCUT2D eigenvalue weighted by molar-refractivity contribution is 0.635. The number of nitrogens with zero attached hydrogens (tertiary/aromatic N) is 2. The van der Waals surface area contributed by atoms with E-state index >= 15 is 0 Å². The highest BCUT2D eigenvalue weighted by Crippen LogP contribution is 2.19. The van der Waals surface area contributed by atoms with Gasteiger partial charge < -0.3 is 9.88 Å². The quantitative estimate of drug-likeness (QED) is 0.836. The normalized spacial score (nSPS) is 13.0. The summed E-state index contributed by atoms with van der Waals surface area (Å²) >= 11 is 1.66. The zero-order valence-electron chi connectivity index (χ0n) is 8.27. The van der Waals surface area contributed by atoms with E-state index in [1.807, 2.05) is 36.1 Å². The highest BCUT2D eigenvalue weighted by molar-refractivity contribution is 7.12. The molecule has 1 N–H and O–H groups in total. The van der Waals surface area contributed by atoms with Gasteiger partial charge in [0.25, 0.3) is 0 Å². The highest BCUT2D eigenvalue weighted by atomic mass is 32.1. The van der Waals surface area contributed by atoms with Crippen LogP contribution in [0.2, 0.25) is 0 Å². The molecule has 1 atom stereocenters. The maximum Gasteiger partial charge on any atom is 0.193 e. The third kappa shape index (κ3) is 1.71. The van der Waals surface area contributed by atoms with Gasteiger partial charge in [-0.25, -0.2) is 4.98 Å². The summed E-state index contributed by atoms with van der Waals surface area (Å²) in [5, 5.41) is 6.29. The van der Waals surface area contributed by atoms with Crippen LogP contribution in [0.5, 0.6) is 0 Å². The fourth-order valence-electron chi connectivity index (χ4n) is 1.20. The molecule has 0 saturated heterocycles. The Balaban J connectivity index is 2.26. The van der Waals surface area contributed by atoms with Gasteiger partial charge in [-0.15, -0.1) is 11.3 Å². The zero-order valence-corrected chi connectivity index (χ0v) is 9.08. The Hall–Kier alpha value is -1.13. The molecule has 3 nitrogen and oxygen atoms in total. The first-order valence-corrected chi connectivity index (χ1v) is 5.45. The van der Waals surface area contributed by atoms with E-state index in [0.29, 0.717) is 6.04 Å². The fourth-order valence-corrected chi connectivity index (χ4v) is 2.09. The lowest BCUT2D eigenvalue weighted by atomic mass is 10.3. The Morgan fingerprint density at radius 2 is 2.14 bits per heavy atom. The molecule has 0 aromatic carbocycles. The van der Waals surface area contributed by atoms with Gasteiger partial charge in [-0.05, 0) is 26.1 Å². The van der Waals surface area contributed by atoms with Crippen LogP contribution in [0.4, 0.5) is 0 Å². The lowest BCUT2D eigenvalue weighted by Crippen LogP contribution is -2.12. The van der Waals surface area contributed by atoms with Gasteiger partial charge in [0.2, 0.25) is 0 Å². The van der Waals surface area contributed by atoms with Gasteiger partial charge in [0.1, 0.15) is 0 Å². The van der Waals surface area contributed by atoms with E-state index in [1.54, 1.807) is 11.3 Å². The number of hydrogen-bond acceptors (Lipinski definition) is 3. The molecule has 0 radical (unpaired) electrons. The van der Waals surface area contributed by atoms with E-state index in [4.69, 9.17) is 0 Å². The molecule has 0 amide bonds. The van der Waals surface area contributed by atoms with Crippen molar-refractivity contribution < 1.29 is 0 Å². The minimum atomic E-state index is 0.315. The van der Waals surface area contributed by atoms with Crippen molar-refractivity contribution in [3.63, 3.8) is 0 Å². The topological polar surface area (TPSA) is 29.9 Å².